The highest BCUT2D eigenvalue weighted by atomic mass is 32.1. The van der Waals surface area contributed by atoms with Crippen LogP contribution in [0.2, 0.25) is 0 Å². The molecule has 6 aromatic rings. The molecule has 0 radical (unpaired) electrons. The highest BCUT2D eigenvalue weighted by Gasteiger charge is 2.16. The van der Waals surface area contributed by atoms with Crippen molar-refractivity contribution in [2.75, 3.05) is 0 Å². The van der Waals surface area contributed by atoms with E-state index in [1.165, 1.54) is 11.3 Å². The number of H-pyrrole nitrogens is 2. The second-order valence-corrected chi connectivity index (χ2v) is 8.66. The Morgan fingerprint density at radius 2 is 1.94 bits per heavy atom. The van der Waals surface area contributed by atoms with Crippen LogP contribution in [0.15, 0.2) is 73.1 Å². The summed E-state index contributed by atoms with van der Waals surface area (Å²) < 4.78 is 0. The third-order valence-electron chi connectivity index (χ3n) is 5.50. The predicted molar refractivity (Wildman–Crippen MR) is 128 cm³/mol. The van der Waals surface area contributed by atoms with Gasteiger partial charge in [-0.05, 0) is 55.5 Å². The van der Waals surface area contributed by atoms with Crippen molar-refractivity contribution in [2.24, 2.45) is 0 Å². The number of rotatable bonds is 4. The number of fused-ring (bicyclic) bond motifs is 2. The van der Waals surface area contributed by atoms with Gasteiger partial charge in [0.1, 0.15) is 11.2 Å². The van der Waals surface area contributed by atoms with Gasteiger partial charge in [-0.25, -0.2) is 4.98 Å². The number of aromatic nitrogens is 5. The first kappa shape index (κ1) is 18.7. The Hall–Kier alpha value is -4.10. The van der Waals surface area contributed by atoms with E-state index in [2.05, 4.69) is 32.3 Å². The number of benzene rings is 1. The molecule has 0 saturated heterocycles. The topological polar surface area (TPSA) is 87.3 Å². The molecule has 0 saturated carbocycles. The molecule has 0 fully saturated rings. The molecule has 6 rings (SSSR count). The van der Waals surface area contributed by atoms with Gasteiger partial charge in [0, 0.05) is 39.3 Å². The summed E-state index contributed by atoms with van der Waals surface area (Å²) in [4.78, 5) is 26.1. The minimum atomic E-state index is 0.0849. The van der Waals surface area contributed by atoms with Crippen LogP contribution in [0.1, 0.15) is 16.6 Å². The molecule has 154 valence electrons. The maximum absolute atomic E-state index is 11.7. The van der Waals surface area contributed by atoms with Crippen LogP contribution in [-0.2, 0) is 0 Å². The Bertz CT molecular complexity index is 1610. The lowest BCUT2D eigenvalue weighted by molar-refractivity contribution is 0.102. The second-order valence-electron chi connectivity index (χ2n) is 7.58. The molecule has 0 aliphatic heterocycles. The average molecular weight is 436 g/mol. The van der Waals surface area contributed by atoms with Crippen LogP contribution in [0.5, 0.6) is 0 Å². The van der Waals surface area contributed by atoms with Crippen molar-refractivity contribution in [3.8, 4) is 33.1 Å². The van der Waals surface area contributed by atoms with Gasteiger partial charge in [0.05, 0.1) is 21.8 Å². The van der Waals surface area contributed by atoms with Gasteiger partial charge >= 0.3 is 0 Å². The van der Waals surface area contributed by atoms with Crippen LogP contribution >= 0.6 is 11.3 Å². The van der Waals surface area contributed by atoms with Crippen LogP contribution in [0, 0.1) is 0 Å². The molecule has 7 heteroatoms. The van der Waals surface area contributed by atoms with Gasteiger partial charge in [-0.3, -0.25) is 14.9 Å². The molecule has 1 aromatic carbocycles. The van der Waals surface area contributed by atoms with E-state index in [0.29, 0.717) is 0 Å². The van der Waals surface area contributed by atoms with Crippen molar-refractivity contribution in [3.63, 3.8) is 0 Å². The number of pyridine rings is 2. The molecule has 2 N–H and O–H groups in total. The number of hydrogen-bond acceptors (Lipinski definition) is 5. The molecule has 0 unspecified atom stereocenters. The van der Waals surface area contributed by atoms with Crippen molar-refractivity contribution in [1.82, 2.24) is 25.1 Å². The number of aromatic amines is 2. The lowest BCUT2D eigenvalue weighted by Gasteiger charge is -2.00. The Kier molecular flexibility index (Phi) is 4.22. The molecule has 0 aliphatic rings. The van der Waals surface area contributed by atoms with Crippen molar-refractivity contribution in [2.45, 2.75) is 6.92 Å². The van der Waals surface area contributed by atoms with Gasteiger partial charge in [0.2, 0.25) is 0 Å². The summed E-state index contributed by atoms with van der Waals surface area (Å²) in [5.41, 5.74) is 7.23. The fourth-order valence-corrected chi connectivity index (χ4v) is 4.87. The van der Waals surface area contributed by atoms with E-state index in [1.807, 2.05) is 48.5 Å². The van der Waals surface area contributed by atoms with E-state index in [-0.39, 0.29) is 5.78 Å². The Balaban J connectivity index is 1.49. The maximum atomic E-state index is 11.7. The number of carbonyl (C=O) groups is 1. The Labute approximate surface area is 187 Å². The smallest absolute Gasteiger partial charge is 0.169 e. The van der Waals surface area contributed by atoms with Crippen molar-refractivity contribution >= 4 is 39.1 Å². The molecule has 6 nitrogen and oxygen atoms in total. The molecule has 0 aliphatic carbocycles. The summed E-state index contributed by atoms with van der Waals surface area (Å²) in [6.07, 6.45) is 3.56. The first-order chi connectivity index (χ1) is 15.7. The zero-order valence-corrected chi connectivity index (χ0v) is 17.9. The van der Waals surface area contributed by atoms with Gasteiger partial charge in [0.15, 0.2) is 5.78 Å². The molecule has 5 heterocycles. The SMILES string of the molecule is CC(=O)c1ccc(-c2cccc3[nH]c(-c4n[nH]c5ccc(-c6cccnc6)nc45)cc23)s1. The normalized spacial score (nSPS) is 11.4. The zero-order chi connectivity index (χ0) is 21.7. The van der Waals surface area contributed by atoms with Crippen LogP contribution in [0.4, 0.5) is 0 Å². The summed E-state index contributed by atoms with van der Waals surface area (Å²) in [5.74, 6) is 0.0849. The zero-order valence-electron chi connectivity index (χ0n) is 17.1. The number of nitrogens with one attached hydrogen (secondary N) is 2. The molecule has 0 atom stereocenters. The Morgan fingerprint density at radius 1 is 1.00 bits per heavy atom. The third-order valence-corrected chi connectivity index (χ3v) is 6.72. The monoisotopic (exact) mass is 435 g/mol. The van der Waals surface area contributed by atoms with E-state index < -0.39 is 0 Å². The predicted octanol–water partition coefficient (Wildman–Crippen LogP) is 6.10. The summed E-state index contributed by atoms with van der Waals surface area (Å²) in [6.45, 7) is 1.60. The molecule has 32 heavy (non-hydrogen) atoms. The van der Waals surface area contributed by atoms with E-state index in [4.69, 9.17) is 4.98 Å². The molecule has 5 aromatic heterocycles. The summed E-state index contributed by atoms with van der Waals surface area (Å²) in [7, 11) is 0. The average Bonchev–Trinajstić information content (AvgIpc) is 3.56. The Morgan fingerprint density at radius 3 is 2.75 bits per heavy atom. The summed E-state index contributed by atoms with van der Waals surface area (Å²) in [5, 5.41) is 8.72. The van der Waals surface area contributed by atoms with Crippen molar-refractivity contribution < 1.29 is 4.79 Å². The van der Waals surface area contributed by atoms with Crippen LogP contribution in [0.25, 0.3) is 55.0 Å². The molecule has 0 bridgehead atoms. The van der Waals surface area contributed by atoms with Crippen LogP contribution in [-0.4, -0.2) is 30.9 Å². The fraction of sp³-hybridized carbons (Fsp3) is 0.0400. The van der Waals surface area contributed by atoms with Gasteiger partial charge in [-0.1, -0.05) is 12.1 Å². The van der Waals surface area contributed by atoms with Gasteiger partial charge in [-0.15, -0.1) is 11.3 Å². The first-order valence-corrected chi connectivity index (χ1v) is 11.0. The number of carbonyl (C=O) groups excluding carboxylic acids is 1. The van der Waals surface area contributed by atoms with Crippen molar-refractivity contribution in [1.29, 1.82) is 0 Å². The summed E-state index contributed by atoms with van der Waals surface area (Å²) in [6, 6.07) is 20.0. The van der Waals surface area contributed by atoms with E-state index in [0.717, 1.165) is 59.9 Å². The number of nitrogens with zero attached hydrogens (tertiary/aromatic N) is 3. The molecule has 0 amide bonds. The highest BCUT2D eigenvalue weighted by molar-refractivity contribution is 7.17. The van der Waals surface area contributed by atoms with E-state index in [9.17, 15) is 4.79 Å². The first-order valence-electron chi connectivity index (χ1n) is 10.2. The van der Waals surface area contributed by atoms with Crippen molar-refractivity contribution in [3.05, 3.63) is 77.9 Å². The lowest BCUT2D eigenvalue weighted by atomic mass is 10.1. The van der Waals surface area contributed by atoms with Gasteiger partial charge in [0.25, 0.3) is 0 Å². The van der Waals surface area contributed by atoms with E-state index in [1.54, 1.807) is 19.3 Å². The summed E-state index contributed by atoms with van der Waals surface area (Å²) >= 11 is 1.51. The minimum Gasteiger partial charge on any atom is -0.353 e. The van der Waals surface area contributed by atoms with Crippen LogP contribution < -0.4 is 0 Å². The lowest BCUT2D eigenvalue weighted by Crippen LogP contribution is -1.86. The standard InChI is InChI=1S/C25H17N5OS/c1-14(31)22-9-10-23(32-22)16-5-2-6-19-17(16)12-21(27-19)25-24-20(29-30-25)8-7-18(28-24)15-4-3-11-26-13-15/h2-13,27H,1H3,(H,29,30). The molecular formula is C25H17N5OS. The maximum Gasteiger partial charge on any atom is 0.169 e. The van der Waals surface area contributed by atoms with E-state index >= 15 is 0 Å². The largest absolute Gasteiger partial charge is 0.353 e. The second kappa shape index (κ2) is 7.25. The van der Waals surface area contributed by atoms with Crippen LogP contribution in [0.3, 0.4) is 0 Å². The fourth-order valence-electron chi connectivity index (χ4n) is 3.93. The number of ketones is 1. The number of thiophene rings is 1. The number of Topliss-reactive ketones (excluding diaryl/α,β-unsaturated/α-hetero) is 1. The van der Waals surface area contributed by atoms with Gasteiger partial charge in [-0.2, -0.15) is 5.10 Å². The van der Waals surface area contributed by atoms with Gasteiger partial charge < -0.3 is 4.98 Å². The number of hydrogen-bond donors (Lipinski definition) is 2. The molecular weight excluding hydrogens is 418 g/mol. The third kappa shape index (κ3) is 3.02. The highest BCUT2D eigenvalue weighted by Crippen LogP contribution is 2.37. The molecule has 0 spiro atoms. The minimum absolute atomic E-state index is 0.0849. The quantitative estimate of drug-likeness (QED) is 0.328.